The summed E-state index contributed by atoms with van der Waals surface area (Å²) in [6.07, 6.45) is 1.60. The zero-order chi connectivity index (χ0) is 18.5. The van der Waals surface area contributed by atoms with Crippen LogP contribution in [0.25, 0.3) is 11.0 Å². The maximum Gasteiger partial charge on any atom is 0.343 e. The summed E-state index contributed by atoms with van der Waals surface area (Å²) in [6.45, 7) is 3.16. The van der Waals surface area contributed by atoms with Gasteiger partial charge in [-0.05, 0) is 30.0 Å². The van der Waals surface area contributed by atoms with Gasteiger partial charge >= 0.3 is 11.3 Å². The number of hydrogen-bond acceptors (Lipinski definition) is 6. The van der Waals surface area contributed by atoms with Crippen molar-refractivity contribution in [1.29, 1.82) is 0 Å². The summed E-state index contributed by atoms with van der Waals surface area (Å²) in [5.41, 5.74) is 1.95. The third-order valence-corrected chi connectivity index (χ3v) is 5.14. The molecule has 0 bridgehead atoms. The maximum absolute atomic E-state index is 11.9. The Kier molecular flexibility index (Phi) is 5.95. The fourth-order valence-corrected chi connectivity index (χ4v) is 3.70. The molecule has 26 heavy (non-hydrogen) atoms. The second-order valence-corrected chi connectivity index (χ2v) is 6.82. The molecule has 0 fully saturated rings. The van der Waals surface area contributed by atoms with E-state index < -0.39 is 0 Å². The Bertz CT molecular complexity index is 1010. The Morgan fingerprint density at radius 3 is 2.92 bits per heavy atom. The monoisotopic (exact) mass is 375 g/mol. The standard InChI is InChI=1S/C18H21N3O4S/c1-3-12-5-6-14-13(10-16(22)25-15(14)9-12)11-26-18-20-19-17(23)21(18)7-4-8-24-2/h5-6,9-10H,3-4,7-8,11H2,1-2H3,(H,19,23). The average molecular weight is 375 g/mol. The highest BCUT2D eigenvalue weighted by molar-refractivity contribution is 7.98. The van der Waals surface area contributed by atoms with Crippen molar-refractivity contribution in [3.05, 3.63) is 56.3 Å². The number of nitrogens with one attached hydrogen (secondary N) is 1. The van der Waals surface area contributed by atoms with Gasteiger partial charge in [-0.15, -0.1) is 5.10 Å². The number of aromatic amines is 1. The third kappa shape index (κ3) is 4.08. The molecule has 0 saturated heterocycles. The van der Waals surface area contributed by atoms with E-state index in [1.165, 1.54) is 17.8 Å². The van der Waals surface area contributed by atoms with Gasteiger partial charge in [-0.1, -0.05) is 30.8 Å². The number of aryl methyl sites for hydroxylation is 1. The van der Waals surface area contributed by atoms with Crippen LogP contribution in [0.1, 0.15) is 24.5 Å². The first-order valence-corrected chi connectivity index (χ1v) is 9.43. The summed E-state index contributed by atoms with van der Waals surface area (Å²) in [5, 5.41) is 8.06. The molecule has 138 valence electrons. The van der Waals surface area contributed by atoms with Gasteiger partial charge in [0.1, 0.15) is 5.58 Å². The van der Waals surface area contributed by atoms with Crippen molar-refractivity contribution in [3.8, 4) is 0 Å². The molecule has 2 aromatic heterocycles. The molecular formula is C18H21N3O4S. The molecule has 0 atom stereocenters. The molecule has 1 aromatic carbocycles. The van der Waals surface area contributed by atoms with E-state index in [0.717, 1.165) is 29.4 Å². The quantitative estimate of drug-likeness (QED) is 0.370. The van der Waals surface area contributed by atoms with E-state index in [9.17, 15) is 9.59 Å². The zero-order valence-corrected chi connectivity index (χ0v) is 15.6. The lowest BCUT2D eigenvalue weighted by Crippen LogP contribution is -2.18. The van der Waals surface area contributed by atoms with E-state index in [-0.39, 0.29) is 11.3 Å². The van der Waals surface area contributed by atoms with Crippen LogP contribution in [0.4, 0.5) is 0 Å². The van der Waals surface area contributed by atoms with Gasteiger partial charge in [0.15, 0.2) is 5.16 Å². The van der Waals surface area contributed by atoms with Crippen molar-refractivity contribution in [2.75, 3.05) is 13.7 Å². The lowest BCUT2D eigenvalue weighted by atomic mass is 10.1. The molecule has 2 heterocycles. The fourth-order valence-electron chi connectivity index (χ4n) is 2.73. The zero-order valence-electron chi connectivity index (χ0n) is 14.8. The summed E-state index contributed by atoms with van der Waals surface area (Å²) in [6, 6.07) is 7.41. The third-order valence-electron chi connectivity index (χ3n) is 4.11. The average Bonchev–Trinajstić information content (AvgIpc) is 2.99. The molecule has 7 nitrogen and oxygen atoms in total. The molecule has 0 aliphatic carbocycles. The van der Waals surface area contributed by atoms with E-state index in [1.54, 1.807) is 11.7 Å². The lowest BCUT2D eigenvalue weighted by Gasteiger charge is -2.07. The van der Waals surface area contributed by atoms with Crippen molar-refractivity contribution in [2.45, 2.75) is 37.2 Å². The highest BCUT2D eigenvalue weighted by Gasteiger charge is 2.12. The smallest absolute Gasteiger partial charge is 0.343 e. The molecule has 0 radical (unpaired) electrons. The van der Waals surface area contributed by atoms with Crippen molar-refractivity contribution in [3.63, 3.8) is 0 Å². The summed E-state index contributed by atoms with van der Waals surface area (Å²) < 4.78 is 12.0. The number of nitrogens with zero attached hydrogens (tertiary/aromatic N) is 2. The maximum atomic E-state index is 11.9. The highest BCUT2D eigenvalue weighted by Crippen LogP contribution is 2.25. The second-order valence-electron chi connectivity index (χ2n) is 5.87. The van der Waals surface area contributed by atoms with Gasteiger partial charge in [0.2, 0.25) is 0 Å². The van der Waals surface area contributed by atoms with E-state index in [2.05, 4.69) is 17.1 Å². The van der Waals surface area contributed by atoms with Gasteiger partial charge in [0, 0.05) is 37.5 Å². The van der Waals surface area contributed by atoms with Crippen LogP contribution in [0.15, 0.2) is 43.4 Å². The minimum Gasteiger partial charge on any atom is -0.423 e. The number of ether oxygens (including phenoxy) is 1. The Morgan fingerprint density at radius 2 is 2.15 bits per heavy atom. The van der Waals surface area contributed by atoms with Crippen LogP contribution < -0.4 is 11.3 Å². The van der Waals surface area contributed by atoms with Crippen LogP contribution in [0, 0.1) is 0 Å². The van der Waals surface area contributed by atoms with Crippen LogP contribution in [0.5, 0.6) is 0 Å². The van der Waals surface area contributed by atoms with Crippen molar-refractivity contribution in [1.82, 2.24) is 14.8 Å². The van der Waals surface area contributed by atoms with Crippen molar-refractivity contribution < 1.29 is 9.15 Å². The van der Waals surface area contributed by atoms with Crippen LogP contribution in [-0.2, 0) is 23.5 Å². The summed E-state index contributed by atoms with van der Waals surface area (Å²) in [5.74, 6) is 0.516. The molecule has 0 amide bonds. The number of methoxy groups -OCH3 is 1. The molecule has 8 heteroatoms. The first kappa shape index (κ1) is 18.5. The van der Waals surface area contributed by atoms with E-state index >= 15 is 0 Å². The minimum absolute atomic E-state index is 0.242. The number of H-pyrrole nitrogens is 1. The van der Waals surface area contributed by atoms with Gasteiger partial charge in [-0.25, -0.2) is 14.7 Å². The van der Waals surface area contributed by atoms with Crippen LogP contribution in [0.2, 0.25) is 0 Å². The first-order valence-electron chi connectivity index (χ1n) is 8.45. The molecule has 0 spiro atoms. The Morgan fingerprint density at radius 1 is 1.31 bits per heavy atom. The largest absolute Gasteiger partial charge is 0.423 e. The summed E-state index contributed by atoms with van der Waals surface area (Å²) in [7, 11) is 1.63. The molecule has 3 rings (SSSR count). The Balaban J connectivity index is 1.84. The van der Waals surface area contributed by atoms with Crippen molar-refractivity contribution >= 4 is 22.7 Å². The molecule has 0 aliphatic heterocycles. The fraction of sp³-hybridized carbons (Fsp3) is 0.389. The SMILES string of the molecule is CCc1ccc2c(CSc3n[nH]c(=O)n3CCCOC)cc(=O)oc2c1. The van der Waals surface area contributed by atoms with Crippen molar-refractivity contribution in [2.24, 2.45) is 0 Å². The van der Waals surface area contributed by atoms with Gasteiger partial charge in [-0.2, -0.15) is 0 Å². The number of aromatic nitrogens is 3. The molecule has 0 saturated carbocycles. The number of fused-ring (bicyclic) bond motifs is 1. The molecular weight excluding hydrogens is 354 g/mol. The molecule has 0 aliphatic rings. The topological polar surface area (TPSA) is 90.1 Å². The Hall–Kier alpha value is -2.32. The Labute approximate surface area is 154 Å². The normalized spacial score (nSPS) is 11.3. The number of benzene rings is 1. The number of rotatable bonds is 8. The second kappa shape index (κ2) is 8.37. The highest BCUT2D eigenvalue weighted by atomic mass is 32.2. The van der Waals surface area contributed by atoms with Gasteiger partial charge < -0.3 is 9.15 Å². The molecule has 3 aromatic rings. The minimum atomic E-state index is -0.374. The molecule has 1 N–H and O–H groups in total. The summed E-state index contributed by atoms with van der Waals surface area (Å²) >= 11 is 1.41. The first-order chi connectivity index (χ1) is 12.6. The van der Waals surface area contributed by atoms with E-state index in [0.29, 0.717) is 29.6 Å². The predicted molar refractivity (Wildman–Crippen MR) is 101 cm³/mol. The van der Waals surface area contributed by atoms with E-state index in [4.69, 9.17) is 9.15 Å². The number of thioether (sulfide) groups is 1. The molecule has 0 unspecified atom stereocenters. The predicted octanol–water partition coefficient (Wildman–Crippen LogP) is 2.57. The number of hydrogen-bond donors (Lipinski definition) is 1. The van der Waals surface area contributed by atoms with Gasteiger partial charge in [-0.3, -0.25) is 4.57 Å². The summed E-state index contributed by atoms with van der Waals surface area (Å²) in [4.78, 5) is 23.8. The van der Waals surface area contributed by atoms with Crippen LogP contribution in [-0.4, -0.2) is 28.5 Å². The van der Waals surface area contributed by atoms with Gasteiger partial charge in [0.25, 0.3) is 0 Å². The lowest BCUT2D eigenvalue weighted by molar-refractivity contribution is 0.189. The van der Waals surface area contributed by atoms with Gasteiger partial charge in [0.05, 0.1) is 0 Å². The van der Waals surface area contributed by atoms with Crippen LogP contribution in [0.3, 0.4) is 0 Å². The van der Waals surface area contributed by atoms with Crippen LogP contribution >= 0.6 is 11.8 Å². The van der Waals surface area contributed by atoms with E-state index in [1.807, 2.05) is 18.2 Å².